The number of nitrogens with zero attached hydrogens (tertiary/aromatic N) is 2. The molecule has 6 heteroatoms. The monoisotopic (exact) mass is 337 g/mol. The molecule has 20 heavy (non-hydrogen) atoms. The van der Waals surface area contributed by atoms with Gasteiger partial charge in [-0.25, -0.2) is 13.8 Å². The fraction of sp³-hybridized carbons (Fsp3) is 0.0714. The molecule has 0 amide bonds. The Morgan fingerprint density at radius 3 is 2.70 bits per heavy atom. The summed E-state index contributed by atoms with van der Waals surface area (Å²) in [5, 5.41) is 0. The first-order valence-electron chi connectivity index (χ1n) is 5.87. The second-order valence-electron chi connectivity index (χ2n) is 4.49. The lowest BCUT2D eigenvalue weighted by Crippen LogP contribution is -2.03. The molecule has 0 saturated carbocycles. The Kier molecular flexibility index (Phi) is 2.97. The standard InChI is InChI=1S/C14H10BrF2N3/c1-7-4-9(15)10(17)6-12(7)20-13-5-8(16)2-3-11(13)19-14(20)18/h2-6H,1H3,(H2,18,19). The number of halogens is 3. The fourth-order valence-electron chi connectivity index (χ4n) is 2.20. The quantitative estimate of drug-likeness (QED) is 0.730. The molecule has 0 aliphatic heterocycles. The van der Waals surface area contributed by atoms with Crippen LogP contribution in [0.25, 0.3) is 16.7 Å². The molecule has 2 aromatic carbocycles. The van der Waals surface area contributed by atoms with Crippen LogP contribution in [0.15, 0.2) is 34.8 Å². The van der Waals surface area contributed by atoms with Crippen molar-refractivity contribution >= 4 is 32.9 Å². The number of benzene rings is 2. The predicted octanol–water partition coefficient (Wildman–Crippen LogP) is 3.96. The van der Waals surface area contributed by atoms with Crippen molar-refractivity contribution in [2.75, 3.05) is 5.73 Å². The van der Waals surface area contributed by atoms with Crippen molar-refractivity contribution in [3.8, 4) is 5.69 Å². The summed E-state index contributed by atoms with van der Waals surface area (Å²) >= 11 is 3.13. The van der Waals surface area contributed by atoms with Gasteiger partial charge >= 0.3 is 0 Å². The zero-order valence-electron chi connectivity index (χ0n) is 10.5. The maximum absolute atomic E-state index is 13.8. The third-order valence-electron chi connectivity index (χ3n) is 3.12. The Hall–Kier alpha value is -1.95. The molecular formula is C14H10BrF2N3. The smallest absolute Gasteiger partial charge is 0.205 e. The number of aryl methyl sites for hydroxylation is 1. The van der Waals surface area contributed by atoms with Crippen LogP contribution in [0.3, 0.4) is 0 Å². The molecule has 0 bridgehead atoms. The molecule has 3 rings (SSSR count). The van der Waals surface area contributed by atoms with E-state index >= 15 is 0 Å². The van der Waals surface area contributed by atoms with Gasteiger partial charge in [0.25, 0.3) is 0 Å². The van der Waals surface area contributed by atoms with E-state index < -0.39 is 11.6 Å². The van der Waals surface area contributed by atoms with Crippen LogP contribution in [0.5, 0.6) is 0 Å². The number of nitrogen functional groups attached to an aromatic ring is 1. The Morgan fingerprint density at radius 2 is 1.95 bits per heavy atom. The molecule has 0 aliphatic carbocycles. The van der Waals surface area contributed by atoms with E-state index in [1.54, 1.807) is 16.7 Å². The Labute approximate surface area is 122 Å². The molecule has 0 fully saturated rings. The Bertz CT molecular complexity index is 827. The molecule has 102 valence electrons. The molecule has 3 nitrogen and oxygen atoms in total. The van der Waals surface area contributed by atoms with Gasteiger partial charge in [-0.3, -0.25) is 4.57 Å². The van der Waals surface area contributed by atoms with Crippen LogP contribution in [0.4, 0.5) is 14.7 Å². The van der Waals surface area contributed by atoms with Crippen LogP contribution in [0.1, 0.15) is 5.56 Å². The normalized spacial score (nSPS) is 11.2. The third kappa shape index (κ3) is 1.96. The summed E-state index contributed by atoms with van der Waals surface area (Å²) in [6.45, 7) is 1.82. The van der Waals surface area contributed by atoms with E-state index in [0.29, 0.717) is 21.2 Å². The minimum atomic E-state index is -0.414. The highest BCUT2D eigenvalue weighted by Crippen LogP contribution is 2.29. The molecule has 0 unspecified atom stereocenters. The number of fused-ring (bicyclic) bond motifs is 1. The average molecular weight is 338 g/mol. The predicted molar refractivity (Wildman–Crippen MR) is 77.8 cm³/mol. The highest BCUT2D eigenvalue weighted by Gasteiger charge is 2.14. The maximum Gasteiger partial charge on any atom is 0.205 e. The van der Waals surface area contributed by atoms with Gasteiger partial charge < -0.3 is 5.73 Å². The second-order valence-corrected chi connectivity index (χ2v) is 5.35. The highest BCUT2D eigenvalue weighted by molar-refractivity contribution is 9.10. The van der Waals surface area contributed by atoms with Crippen LogP contribution < -0.4 is 5.73 Å². The average Bonchev–Trinajstić information content (AvgIpc) is 2.69. The molecule has 2 N–H and O–H groups in total. The van der Waals surface area contributed by atoms with Crippen molar-refractivity contribution in [3.05, 3.63) is 52.0 Å². The minimum absolute atomic E-state index is 0.190. The van der Waals surface area contributed by atoms with E-state index in [1.807, 2.05) is 6.92 Å². The lowest BCUT2D eigenvalue weighted by atomic mass is 10.2. The second kappa shape index (κ2) is 4.56. The maximum atomic E-state index is 13.8. The van der Waals surface area contributed by atoms with Gasteiger partial charge in [-0.15, -0.1) is 0 Å². The zero-order valence-corrected chi connectivity index (χ0v) is 12.1. The van der Waals surface area contributed by atoms with Gasteiger partial charge in [0.2, 0.25) is 5.95 Å². The molecule has 1 heterocycles. The van der Waals surface area contributed by atoms with E-state index in [0.717, 1.165) is 5.56 Å². The third-order valence-corrected chi connectivity index (χ3v) is 3.73. The van der Waals surface area contributed by atoms with Gasteiger partial charge in [0.1, 0.15) is 11.6 Å². The summed E-state index contributed by atoms with van der Waals surface area (Å²) in [5.41, 5.74) is 8.29. The topological polar surface area (TPSA) is 43.8 Å². The van der Waals surface area contributed by atoms with Crippen LogP contribution in [-0.4, -0.2) is 9.55 Å². The van der Waals surface area contributed by atoms with Gasteiger partial charge in [-0.2, -0.15) is 0 Å². The minimum Gasteiger partial charge on any atom is -0.369 e. The van der Waals surface area contributed by atoms with Crippen LogP contribution >= 0.6 is 15.9 Å². The first-order valence-corrected chi connectivity index (χ1v) is 6.66. The van der Waals surface area contributed by atoms with Crippen LogP contribution in [0, 0.1) is 18.6 Å². The summed E-state index contributed by atoms with van der Waals surface area (Å²) < 4.78 is 29.1. The Balaban J connectivity index is 2.37. The van der Waals surface area contributed by atoms with Crippen molar-refractivity contribution in [2.24, 2.45) is 0 Å². The summed E-state index contributed by atoms with van der Waals surface area (Å²) in [6.07, 6.45) is 0. The molecule has 0 radical (unpaired) electrons. The lowest BCUT2D eigenvalue weighted by Gasteiger charge is -2.11. The molecule has 0 atom stereocenters. The molecule has 0 spiro atoms. The molecule has 0 saturated heterocycles. The number of aromatic nitrogens is 2. The number of imidazole rings is 1. The van der Waals surface area contributed by atoms with Gasteiger partial charge in [-0.1, -0.05) is 0 Å². The number of nitrogens with two attached hydrogens (primary N) is 1. The number of hydrogen-bond donors (Lipinski definition) is 1. The van der Waals surface area contributed by atoms with Crippen molar-refractivity contribution in [1.82, 2.24) is 9.55 Å². The summed E-state index contributed by atoms with van der Waals surface area (Å²) in [4.78, 5) is 4.16. The van der Waals surface area contributed by atoms with Gasteiger partial charge in [0.15, 0.2) is 0 Å². The highest BCUT2D eigenvalue weighted by atomic mass is 79.9. The van der Waals surface area contributed by atoms with Crippen molar-refractivity contribution in [1.29, 1.82) is 0 Å². The molecular weight excluding hydrogens is 328 g/mol. The van der Waals surface area contributed by atoms with Crippen LogP contribution in [0.2, 0.25) is 0 Å². The molecule has 0 aliphatic rings. The first-order chi connectivity index (χ1) is 9.47. The van der Waals surface area contributed by atoms with Crippen molar-refractivity contribution in [2.45, 2.75) is 6.92 Å². The Morgan fingerprint density at radius 1 is 1.20 bits per heavy atom. The van der Waals surface area contributed by atoms with Crippen molar-refractivity contribution < 1.29 is 8.78 Å². The van der Waals surface area contributed by atoms with E-state index in [1.165, 1.54) is 18.2 Å². The van der Waals surface area contributed by atoms with Gasteiger partial charge in [0, 0.05) is 6.07 Å². The van der Waals surface area contributed by atoms with Crippen LogP contribution in [-0.2, 0) is 0 Å². The zero-order chi connectivity index (χ0) is 14.4. The van der Waals surface area contributed by atoms with E-state index in [-0.39, 0.29) is 5.95 Å². The van der Waals surface area contributed by atoms with Crippen molar-refractivity contribution in [3.63, 3.8) is 0 Å². The molecule has 3 aromatic rings. The lowest BCUT2D eigenvalue weighted by molar-refractivity contribution is 0.619. The first kappa shape index (κ1) is 13.1. The molecule has 1 aromatic heterocycles. The van der Waals surface area contributed by atoms with Gasteiger partial charge in [-0.05, 0) is 52.7 Å². The number of anilines is 1. The van der Waals surface area contributed by atoms with E-state index in [2.05, 4.69) is 20.9 Å². The number of rotatable bonds is 1. The summed E-state index contributed by atoms with van der Waals surface area (Å²) in [5.74, 6) is -0.618. The number of hydrogen-bond acceptors (Lipinski definition) is 2. The fourth-order valence-corrected chi connectivity index (χ4v) is 2.65. The summed E-state index contributed by atoms with van der Waals surface area (Å²) in [6, 6.07) is 7.19. The van der Waals surface area contributed by atoms with Gasteiger partial charge in [0.05, 0.1) is 21.2 Å². The summed E-state index contributed by atoms with van der Waals surface area (Å²) in [7, 11) is 0. The van der Waals surface area contributed by atoms with E-state index in [9.17, 15) is 8.78 Å². The van der Waals surface area contributed by atoms with E-state index in [4.69, 9.17) is 5.73 Å². The largest absolute Gasteiger partial charge is 0.369 e. The SMILES string of the molecule is Cc1cc(Br)c(F)cc1-n1c(N)nc2ccc(F)cc21.